The summed E-state index contributed by atoms with van der Waals surface area (Å²) in [6, 6.07) is 12.3. The minimum atomic E-state index is -3.67. The van der Waals surface area contributed by atoms with Gasteiger partial charge in [0, 0.05) is 22.9 Å². The molecule has 0 radical (unpaired) electrons. The summed E-state index contributed by atoms with van der Waals surface area (Å²) < 4.78 is 35.9. The van der Waals surface area contributed by atoms with Crippen LogP contribution in [0.3, 0.4) is 0 Å². The van der Waals surface area contributed by atoms with Crippen LogP contribution in [0.4, 0.5) is 0 Å². The number of hydrogen-bond donors (Lipinski definition) is 1. The number of ether oxygens (including phenoxy) is 2. The molecule has 1 aliphatic rings. The van der Waals surface area contributed by atoms with E-state index in [1.807, 2.05) is 16.9 Å². The predicted octanol–water partition coefficient (Wildman–Crippen LogP) is 4.38. The van der Waals surface area contributed by atoms with Gasteiger partial charge in [-0.15, -0.1) is 0 Å². The highest BCUT2D eigenvalue weighted by Crippen LogP contribution is 2.36. The fourth-order valence-electron chi connectivity index (χ4n) is 3.67. The highest BCUT2D eigenvalue weighted by atomic mass is 35.5. The van der Waals surface area contributed by atoms with E-state index < -0.39 is 15.9 Å². The van der Waals surface area contributed by atoms with Gasteiger partial charge in [-0.3, -0.25) is 4.79 Å². The Balaban J connectivity index is 1.59. The van der Waals surface area contributed by atoms with Crippen molar-refractivity contribution >= 4 is 27.5 Å². The van der Waals surface area contributed by atoms with E-state index in [4.69, 9.17) is 21.1 Å². The van der Waals surface area contributed by atoms with Crippen molar-refractivity contribution < 1.29 is 22.7 Å². The zero-order valence-corrected chi connectivity index (χ0v) is 19.1. The molecule has 9 heteroatoms. The number of fused-ring (bicyclic) bond motifs is 1. The number of hydrogen-bond acceptors (Lipinski definition) is 6. The number of pyridine rings is 1. The molecule has 4 rings (SSSR count). The third-order valence-corrected chi connectivity index (χ3v) is 5.97. The SMILES string of the molecule is COc1cc(C(=O)NS(C)(=O)=O)ccc1-c1cnc(Oc2ccc3c(c2)CCC3)c(Cl)c1. The monoisotopic (exact) mass is 472 g/mol. The lowest BCUT2D eigenvalue weighted by Gasteiger charge is -2.13. The number of sulfonamides is 1. The van der Waals surface area contributed by atoms with E-state index in [-0.39, 0.29) is 11.4 Å². The van der Waals surface area contributed by atoms with E-state index in [1.54, 1.807) is 18.3 Å². The Morgan fingerprint density at radius 3 is 2.59 bits per heavy atom. The van der Waals surface area contributed by atoms with Gasteiger partial charge in [0.05, 0.1) is 13.4 Å². The molecule has 166 valence electrons. The van der Waals surface area contributed by atoms with Crippen LogP contribution in [0.1, 0.15) is 27.9 Å². The maximum atomic E-state index is 12.1. The van der Waals surface area contributed by atoms with E-state index in [0.29, 0.717) is 27.6 Å². The Morgan fingerprint density at radius 2 is 1.88 bits per heavy atom. The first-order chi connectivity index (χ1) is 15.2. The number of amides is 1. The number of aromatic nitrogens is 1. The van der Waals surface area contributed by atoms with E-state index in [1.165, 1.54) is 30.4 Å². The first-order valence-corrected chi connectivity index (χ1v) is 12.2. The average molecular weight is 473 g/mol. The summed E-state index contributed by atoms with van der Waals surface area (Å²) in [4.78, 5) is 16.5. The molecular weight excluding hydrogens is 452 g/mol. The van der Waals surface area contributed by atoms with Crippen LogP contribution in [0.2, 0.25) is 5.02 Å². The molecule has 0 unspecified atom stereocenters. The molecule has 1 aliphatic carbocycles. The van der Waals surface area contributed by atoms with Crippen molar-refractivity contribution in [3.05, 3.63) is 70.4 Å². The Bertz CT molecular complexity index is 1310. The molecule has 0 spiro atoms. The van der Waals surface area contributed by atoms with Gasteiger partial charge in [0.2, 0.25) is 15.9 Å². The van der Waals surface area contributed by atoms with Crippen molar-refractivity contribution in [2.75, 3.05) is 13.4 Å². The van der Waals surface area contributed by atoms with Crippen LogP contribution in [-0.2, 0) is 22.9 Å². The molecule has 0 aliphatic heterocycles. The van der Waals surface area contributed by atoms with Crippen molar-refractivity contribution in [1.29, 1.82) is 0 Å². The summed E-state index contributed by atoms with van der Waals surface area (Å²) >= 11 is 6.44. The average Bonchev–Trinajstić information content (AvgIpc) is 3.21. The molecule has 1 N–H and O–H groups in total. The van der Waals surface area contributed by atoms with E-state index in [9.17, 15) is 13.2 Å². The van der Waals surface area contributed by atoms with Gasteiger partial charge in [-0.1, -0.05) is 17.7 Å². The van der Waals surface area contributed by atoms with Gasteiger partial charge in [0.25, 0.3) is 5.91 Å². The molecule has 0 saturated carbocycles. The first kappa shape index (κ1) is 22.1. The third-order valence-electron chi connectivity index (χ3n) is 5.14. The van der Waals surface area contributed by atoms with Gasteiger partial charge in [0.15, 0.2) is 0 Å². The van der Waals surface area contributed by atoms with E-state index >= 15 is 0 Å². The molecular formula is C23H21ClN2O5S. The molecule has 1 heterocycles. The van der Waals surface area contributed by atoms with Gasteiger partial charge in [0.1, 0.15) is 16.5 Å². The third kappa shape index (κ3) is 4.87. The maximum Gasteiger partial charge on any atom is 0.264 e. The molecule has 3 aromatic rings. The van der Waals surface area contributed by atoms with Crippen molar-refractivity contribution in [2.45, 2.75) is 19.3 Å². The van der Waals surface area contributed by atoms with Gasteiger partial charge in [-0.05, 0) is 66.8 Å². The Labute approximate surface area is 191 Å². The minimum absolute atomic E-state index is 0.145. The van der Waals surface area contributed by atoms with Crippen LogP contribution >= 0.6 is 11.6 Å². The van der Waals surface area contributed by atoms with E-state index in [0.717, 1.165) is 25.5 Å². The predicted molar refractivity (Wildman–Crippen MR) is 122 cm³/mol. The van der Waals surface area contributed by atoms with Crippen LogP contribution < -0.4 is 14.2 Å². The quantitative estimate of drug-likeness (QED) is 0.572. The number of nitrogens with one attached hydrogen (secondary N) is 1. The van der Waals surface area contributed by atoms with Crippen molar-refractivity contribution in [3.8, 4) is 28.5 Å². The second-order valence-corrected chi connectivity index (χ2v) is 9.67. The maximum absolute atomic E-state index is 12.1. The molecule has 7 nitrogen and oxygen atoms in total. The normalized spacial score (nSPS) is 12.8. The largest absolute Gasteiger partial charge is 0.496 e. The standard InChI is InChI=1S/C23H21ClN2O5S/c1-30-21-12-16(22(27)26-32(2,28)29)7-9-19(21)17-11-20(24)23(25-13-17)31-18-8-6-14-4-3-5-15(14)10-18/h6-13H,3-5H2,1-2H3,(H,26,27). The number of methoxy groups -OCH3 is 1. The smallest absolute Gasteiger partial charge is 0.264 e. The van der Waals surface area contributed by atoms with Gasteiger partial charge in [-0.25, -0.2) is 18.1 Å². The highest BCUT2D eigenvalue weighted by Gasteiger charge is 2.17. The molecule has 32 heavy (non-hydrogen) atoms. The topological polar surface area (TPSA) is 94.6 Å². The molecule has 1 aromatic heterocycles. The molecule has 0 atom stereocenters. The highest BCUT2D eigenvalue weighted by molar-refractivity contribution is 7.89. The summed E-state index contributed by atoms with van der Waals surface area (Å²) in [5.74, 6) is 0.603. The number of halogens is 1. The summed E-state index contributed by atoms with van der Waals surface area (Å²) in [5, 5.41) is 0.323. The number of benzene rings is 2. The Kier molecular flexibility index (Phi) is 6.08. The van der Waals surface area contributed by atoms with Crippen LogP contribution in [-0.4, -0.2) is 32.7 Å². The van der Waals surface area contributed by atoms with E-state index in [2.05, 4.69) is 11.1 Å². The lowest BCUT2D eigenvalue weighted by atomic mass is 10.0. The minimum Gasteiger partial charge on any atom is -0.496 e. The second kappa shape index (κ2) is 8.80. The first-order valence-electron chi connectivity index (χ1n) is 9.89. The summed E-state index contributed by atoms with van der Waals surface area (Å²) in [6.45, 7) is 0. The van der Waals surface area contributed by atoms with Crippen molar-refractivity contribution in [1.82, 2.24) is 9.71 Å². The molecule has 1 amide bonds. The zero-order valence-electron chi connectivity index (χ0n) is 17.5. The molecule has 2 aromatic carbocycles. The van der Waals surface area contributed by atoms with Crippen LogP contribution in [0.25, 0.3) is 11.1 Å². The lowest BCUT2D eigenvalue weighted by Crippen LogP contribution is -2.29. The zero-order chi connectivity index (χ0) is 22.9. The second-order valence-electron chi connectivity index (χ2n) is 7.52. The van der Waals surface area contributed by atoms with Crippen LogP contribution in [0, 0.1) is 0 Å². The van der Waals surface area contributed by atoms with Gasteiger partial charge < -0.3 is 9.47 Å². The number of aryl methyl sites for hydroxylation is 2. The van der Waals surface area contributed by atoms with Crippen LogP contribution in [0.15, 0.2) is 48.7 Å². The Hall–Kier alpha value is -3.10. The summed E-state index contributed by atoms with van der Waals surface area (Å²) in [6.07, 6.45) is 5.81. The fraction of sp³-hybridized carbons (Fsp3) is 0.217. The number of nitrogens with zero attached hydrogens (tertiary/aromatic N) is 1. The molecule has 0 saturated heterocycles. The van der Waals surface area contributed by atoms with Crippen molar-refractivity contribution in [2.24, 2.45) is 0 Å². The lowest BCUT2D eigenvalue weighted by molar-refractivity contribution is 0.0981. The molecule has 0 fully saturated rings. The number of rotatable bonds is 6. The van der Waals surface area contributed by atoms with Gasteiger partial charge >= 0.3 is 0 Å². The Morgan fingerprint density at radius 1 is 1.09 bits per heavy atom. The van der Waals surface area contributed by atoms with Crippen molar-refractivity contribution in [3.63, 3.8) is 0 Å². The fourth-order valence-corrected chi connectivity index (χ4v) is 4.33. The summed E-state index contributed by atoms with van der Waals surface area (Å²) in [5.41, 5.74) is 4.09. The molecule has 0 bridgehead atoms. The number of carbonyl (C=O) groups is 1. The number of carbonyl (C=O) groups excluding carboxylic acids is 1. The summed E-state index contributed by atoms with van der Waals surface area (Å²) in [7, 11) is -2.22. The van der Waals surface area contributed by atoms with Gasteiger partial charge in [-0.2, -0.15) is 0 Å². The van der Waals surface area contributed by atoms with Crippen LogP contribution in [0.5, 0.6) is 17.4 Å².